The highest BCUT2D eigenvalue weighted by atomic mass is 16.5. The van der Waals surface area contributed by atoms with E-state index in [0.29, 0.717) is 12.2 Å². The standard InChI is InChI=1S/C19H24N2O2/c1-13-9-15-16(11-20-17(15)10-14(13)2)18(22)23-12-19-3-6-21(7-4-19)8-5-19/h9-11,20H,3-8,12H2,1-2H3. The van der Waals surface area contributed by atoms with Crippen molar-refractivity contribution in [2.75, 3.05) is 26.2 Å². The van der Waals surface area contributed by atoms with Gasteiger partial charge in [-0.15, -0.1) is 0 Å². The van der Waals surface area contributed by atoms with Gasteiger partial charge in [0.1, 0.15) is 0 Å². The third-order valence-electron chi connectivity index (χ3n) is 5.90. The maximum Gasteiger partial charge on any atom is 0.340 e. The van der Waals surface area contributed by atoms with E-state index in [0.717, 1.165) is 49.8 Å². The minimum Gasteiger partial charge on any atom is -0.461 e. The second-order valence-electron chi connectivity index (χ2n) is 7.35. The van der Waals surface area contributed by atoms with E-state index >= 15 is 0 Å². The molecule has 1 aromatic carbocycles. The number of benzene rings is 1. The SMILES string of the molecule is Cc1cc2[nH]cc(C(=O)OCC34CCN(CC3)CC4)c2cc1C. The number of hydrogen-bond acceptors (Lipinski definition) is 3. The van der Waals surface area contributed by atoms with E-state index in [4.69, 9.17) is 4.74 Å². The van der Waals surface area contributed by atoms with Crippen LogP contribution in [0.15, 0.2) is 18.3 Å². The maximum atomic E-state index is 12.6. The molecule has 1 N–H and O–H groups in total. The van der Waals surface area contributed by atoms with Crippen LogP contribution in [0.3, 0.4) is 0 Å². The van der Waals surface area contributed by atoms with E-state index in [9.17, 15) is 4.79 Å². The zero-order chi connectivity index (χ0) is 16.0. The number of fused-ring (bicyclic) bond motifs is 4. The molecule has 23 heavy (non-hydrogen) atoms. The molecule has 0 spiro atoms. The van der Waals surface area contributed by atoms with Gasteiger partial charge in [-0.05, 0) is 76.0 Å². The van der Waals surface area contributed by atoms with Crippen LogP contribution in [0.1, 0.15) is 40.7 Å². The molecule has 5 rings (SSSR count). The normalized spacial score (nSPS) is 26.6. The molecule has 0 aliphatic carbocycles. The first kappa shape index (κ1) is 14.8. The lowest BCUT2D eigenvalue weighted by Crippen LogP contribution is -2.50. The molecule has 2 aromatic rings. The molecule has 4 nitrogen and oxygen atoms in total. The number of carbonyl (C=O) groups is 1. The Hall–Kier alpha value is -1.81. The summed E-state index contributed by atoms with van der Waals surface area (Å²) in [4.78, 5) is 18.3. The van der Waals surface area contributed by atoms with Gasteiger partial charge in [0.25, 0.3) is 0 Å². The van der Waals surface area contributed by atoms with Crippen LogP contribution >= 0.6 is 0 Å². The van der Waals surface area contributed by atoms with Crippen molar-refractivity contribution in [2.24, 2.45) is 5.41 Å². The average molecular weight is 312 g/mol. The number of carbonyl (C=O) groups excluding carboxylic acids is 1. The Morgan fingerprint density at radius 1 is 1.17 bits per heavy atom. The molecule has 3 aliphatic heterocycles. The topological polar surface area (TPSA) is 45.3 Å². The molecule has 1 aromatic heterocycles. The van der Waals surface area contributed by atoms with Gasteiger partial charge in [-0.25, -0.2) is 4.79 Å². The summed E-state index contributed by atoms with van der Waals surface area (Å²) >= 11 is 0. The van der Waals surface area contributed by atoms with Crippen LogP contribution in [0, 0.1) is 19.3 Å². The van der Waals surface area contributed by atoms with Crippen LogP contribution in [0.4, 0.5) is 0 Å². The predicted octanol–water partition coefficient (Wildman–Crippen LogP) is 3.43. The molecule has 3 saturated heterocycles. The zero-order valence-corrected chi connectivity index (χ0v) is 13.9. The molecule has 4 heterocycles. The number of aromatic nitrogens is 1. The molecule has 0 atom stereocenters. The van der Waals surface area contributed by atoms with Crippen LogP contribution in [0.2, 0.25) is 0 Å². The van der Waals surface area contributed by atoms with E-state index in [1.165, 1.54) is 11.1 Å². The van der Waals surface area contributed by atoms with E-state index in [1.807, 2.05) is 0 Å². The first-order valence-electron chi connectivity index (χ1n) is 8.54. The van der Waals surface area contributed by atoms with E-state index < -0.39 is 0 Å². The molecule has 3 fully saturated rings. The molecule has 122 valence electrons. The molecular weight excluding hydrogens is 288 g/mol. The summed E-state index contributed by atoms with van der Waals surface area (Å²) in [7, 11) is 0. The Kier molecular flexibility index (Phi) is 3.45. The number of aryl methyl sites for hydroxylation is 2. The molecule has 0 saturated carbocycles. The molecule has 0 amide bonds. The van der Waals surface area contributed by atoms with Crippen molar-refractivity contribution in [3.8, 4) is 0 Å². The van der Waals surface area contributed by atoms with Crippen molar-refractivity contribution < 1.29 is 9.53 Å². The Balaban J connectivity index is 1.52. The van der Waals surface area contributed by atoms with Gasteiger partial charge >= 0.3 is 5.97 Å². The smallest absolute Gasteiger partial charge is 0.340 e. The van der Waals surface area contributed by atoms with Gasteiger partial charge in [-0.3, -0.25) is 0 Å². The summed E-state index contributed by atoms with van der Waals surface area (Å²) < 4.78 is 5.75. The Bertz CT molecular complexity index is 740. The Morgan fingerprint density at radius 2 is 1.83 bits per heavy atom. The predicted molar refractivity (Wildman–Crippen MR) is 90.8 cm³/mol. The van der Waals surface area contributed by atoms with Crippen LogP contribution < -0.4 is 0 Å². The van der Waals surface area contributed by atoms with Gasteiger partial charge in [0.15, 0.2) is 0 Å². The Morgan fingerprint density at radius 3 is 2.52 bits per heavy atom. The van der Waals surface area contributed by atoms with E-state index in [1.54, 1.807) is 6.20 Å². The molecular formula is C19H24N2O2. The van der Waals surface area contributed by atoms with E-state index in [-0.39, 0.29) is 11.4 Å². The minimum atomic E-state index is -0.193. The van der Waals surface area contributed by atoms with Crippen molar-refractivity contribution in [2.45, 2.75) is 33.1 Å². The highest BCUT2D eigenvalue weighted by Crippen LogP contribution is 2.40. The lowest BCUT2D eigenvalue weighted by atomic mass is 9.73. The third-order valence-corrected chi connectivity index (χ3v) is 5.90. The molecule has 0 radical (unpaired) electrons. The van der Waals surface area contributed by atoms with Gasteiger partial charge in [0, 0.05) is 22.5 Å². The van der Waals surface area contributed by atoms with E-state index in [2.05, 4.69) is 35.9 Å². The largest absolute Gasteiger partial charge is 0.461 e. The highest BCUT2D eigenvalue weighted by molar-refractivity contribution is 6.04. The number of nitrogens with one attached hydrogen (secondary N) is 1. The Labute approximate surface area is 136 Å². The summed E-state index contributed by atoms with van der Waals surface area (Å²) in [6, 6.07) is 4.17. The second-order valence-corrected chi connectivity index (χ2v) is 7.35. The van der Waals surface area contributed by atoms with Crippen molar-refractivity contribution in [1.29, 1.82) is 0 Å². The quantitative estimate of drug-likeness (QED) is 0.883. The zero-order valence-electron chi connectivity index (χ0n) is 13.9. The number of ether oxygens (including phenoxy) is 1. The molecule has 0 unspecified atom stereocenters. The summed E-state index contributed by atoms with van der Waals surface area (Å²) in [6.45, 7) is 8.19. The number of nitrogens with zero attached hydrogens (tertiary/aromatic N) is 1. The molecule has 4 heteroatoms. The second kappa shape index (κ2) is 5.38. The number of esters is 1. The van der Waals surface area contributed by atoms with Crippen LogP contribution in [0.5, 0.6) is 0 Å². The summed E-state index contributed by atoms with van der Waals surface area (Å²) in [5, 5.41) is 0.967. The van der Waals surface area contributed by atoms with Gasteiger partial charge < -0.3 is 14.6 Å². The maximum absolute atomic E-state index is 12.6. The van der Waals surface area contributed by atoms with Gasteiger partial charge in [-0.2, -0.15) is 0 Å². The van der Waals surface area contributed by atoms with Crippen LogP contribution in [0.25, 0.3) is 10.9 Å². The van der Waals surface area contributed by atoms with Gasteiger partial charge in [0.2, 0.25) is 0 Å². The third kappa shape index (κ3) is 2.55. The van der Waals surface area contributed by atoms with Gasteiger partial charge in [-0.1, -0.05) is 0 Å². The lowest BCUT2D eigenvalue weighted by molar-refractivity contribution is -0.0304. The van der Waals surface area contributed by atoms with Gasteiger partial charge in [0.05, 0.1) is 12.2 Å². The number of piperidine rings is 3. The molecule has 3 aliphatic rings. The lowest BCUT2D eigenvalue weighted by Gasteiger charge is -2.47. The first-order valence-corrected chi connectivity index (χ1v) is 8.54. The number of aromatic amines is 1. The first-order chi connectivity index (χ1) is 11.1. The van der Waals surface area contributed by atoms with Crippen molar-refractivity contribution in [1.82, 2.24) is 9.88 Å². The fourth-order valence-corrected chi connectivity index (χ4v) is 3.96. The summed E-state index contributed by atoms with van der Waals surface area (Å²) in [5.74, 6) is -0.193. The summed E-state index contributed by atoms with van der Waals surface area (Å²) in [5.41, 5.74) is 4.32. The fourth-order valence-electron chi connectivity index (χ4n) is 3.96. The number of rotatable bonds is 3. The number of H-pyrrole nitrogens is 1. The molecule has 2 bridgehead atoms. The minimum absolute atomic E-state index is 0.193. The summed E-state index contributed by atoms with van der Waals surface area (Å²) in [6.07, 6.45) is 5.26. The van der Waals surface area contributed by atoms with Crippen LogP contribution in [-0.4, -0.2) is 42.1 Å². The fraction of sp³-hybridized carbons (Fsp3) is 0.526. The van der Waals surface area contributed by atoms with Crippen molar-refractivity contribution in [3.63, 3.8) is 0 Å². The monoisotopic (exact) mass is 312 g/mol. The van der Waals surface area contributed by atoms with Crippen molar-refractivity contribution >= 4 is 16.9 Å². The highest BCUT2D eigenvalue weighted by Gasteiger charge is 2.40. The van der Waals surface area contributed by atoms with Crippen molar-refractivity contribution in [3.05, 3.63) is 35.0 Å². The average Bonchev–Trinajstić information content (AvgIpc) is 2.98. The number of hydrogen-bond donors (Lipinski definition) is 1. The van der Waals surface area contributed by atoms with Crippen LogP contribution in [-0.2, 0) is 4.74 Å².